The van der Waals surface area contributed by atoms with E-state index in [1.165, 1.54) is 49.6 Å². The molecule has 27 heavy (non-hydrogen) atoms. The second kappa shape index (κ2) is 7.94. The molecule has 0 atom stereocenters. The average Bonchev–Trinajstić information content (AvgIpc) is 2.69. The van der Waals surface area contributed by atoms with Crippen LogP contribution in [0.2, 0.25) is 0 Å². The van der Waals surface area contributed by atoms with Crippen molar-refractivity contribution in [1.29, 1.82) is 0 Å². The summed E-state index contributed by atoms with van der Waals surface area (Å²) in [5, 5.41) is 2.63. The molecule has 1 aromatic carbocycles. The Morgan fingerprint density at radius 2 is 1.56 bits per heavy atom. The molecule has 0 aliphatic carbocycles. The summed E-state index contributed by atoms with van der Waals surface area (Å²) in [4.78, 5) is 43.7. The molecule has 140 valence electrons. The summed E-state index contributed by atoms with van der Waals surface area (Å²) in [5.74, 6) is -1.08. The molecule has 1 aliphatic rings. The van der Waals surface area contributed by atoms with E-state index in [-0.39, 0.29) is 17.4 Å². The van der Waals surface area contributed by atoms with Crippen LogP contribution in [0.1, 0.15) is 27.6 Å². The highest BCUT2D eigenvalue weighted by molar-refractivity contribution is 6.05. The Kier molecular flexibility index (Phi) is 5.44. The highest BCUT2D eigenvalue weighted by Crippen LogP contribution is 2.13. The van der Waals surface area contributed by atoms with Gasteiger partial charge in [0.25, 0.3) is 11.8 Å². The lowest BCUT2D eigenvalue weighted by Crippen LogP contribution is -2.50. The zero-order chi connectivity index (χ0) is 19.4. The first-order chi connectivity index (χ1) is 12.9. The fourth-order valence-electron chi connectivity index (χ4n) is 2.82. The van der Waals surface area contributed by atoms with E-state index in [1.54, 1.807) is 9.80 Å². The molecule has 3 rings (SSSR count). The Balaban J connectivity index is 1.67. The molecule has 8 heteroatoms. The maximum Gasteiger partial charge on any atom is 0.257 e. The van der Waals surface area contributed by atoms with Crippen molar-refractivity contribution in [1.82, 2.24) is 14.8 Å². The third-order valence-corrected chi connectivity index (χ3v) is 4.36. The third kappa shape index (κ3) is 4.46. The van der Waals surface area contributed by atoms with Gasteiger partial charge in [-0.1, -0.05) is 0 Å². The molecule has 1 N–H and O–H groups in total. The summed E-state index contributed by atoms with van der Waals surface area (Å²) in [7, 11) is 0. The van der Waals surface area contributed by atoms with E-state index in [9.17, 15) is 18.8 Å². The Labute approximate surface area is 155 Å². The lowest BCUT2D eigenvalue weighted by Gasteiger charge is -2.34. The molecule has 1 aromatic heterocycles. The van der Waals surface area contributed by atoms with Crippen LogP contribution in [0.25, 0.3) is 0 Å². The smallest absolute Gasteiger partial charge is 0.257 e. The van der Waals surface area contributed by atoms with Crippen molar-refractivity contribution in [2.75, 3.05) is 31.5 Å². The van der Waals surface area contributed by atoms with E-state index in [2.05, 4.69) is 10.3 Å². The van der Waals surface area contributed by atoms with Crippen LogP contribution < -0.4 is 5.32 Å². The van der Waals surface area contributed by atoms with Crippen molar-refractivity contribution >= 4 is 23.4 Å². The summed E-state index contributed by atoms with van der Waals surface area (Å²) < 4.78 is 12.9. The summed E-state index contributed by atoms with van der Waals surface area (Å²) in [6.45, 7) is 3.35. The number of anilines is 1. The Morgan fingerprint density at radius 3 is 2.19 bits per heavy atom. The monoisotopic (exact) mass is 370 g/mol. The number of hydrogen-bond donors (Lipinski definition) is 1. The number of carbonyl (C=O) groups is 3. The number of piperazine rings is 1. The lowest BCUT2D eigenvalue weighted by molar-refractivity contribution is -0.130. The van der Waals surface area contributed by atoms with Crippen LogP contribution in [0.5, 0.6) is 0 Å². The molecule has 3 amide bonds. The molecule has 0 spiro atoms. The highest BCUT2D eigenvalue weighted by atomic mass is 19.1. The number of pyridine rings is 1. The van der Waals surface area contributed by atoms with Crippen molar-refractivity contribution in [3.8, 4) is 0 Å². The maximum atomic E-state index is 12.9. The topological polar surface area (TPSA) is 82.6 Å². The second-order valence-electron chi connectivity index (χ2n) is 6.22. The van der Waals surface area contributed by atoms with Gasteiger partial charge in [-0.25, -0.2) is 4.39 Å². The minimum atomic E-state index is -0.440. The number of amides is 3. The summed E-state index contributed by atoms with van der Waals surface area (Å²) in [5.41, 5.74) is 0.976. The largest absolute Gasteiger partial charge is 0.339 e. The second-order valence-corrected chi connectivity index (χ2v) is 6.22. The fourth-order valence-corrected chi connectivity index (χ4v) is 2.82. The molecule has 7 nitrogen and oxygen atoms in total. The van der Waals surface area contributed by atoms with E-state index in [4.69, 9.17) is 0 Å². The molecular weight excluding hydrogens is 351 g/mol. The normalized spacial score (nSPS) is 14.0. The molecule has 0 unspecified atom stereocenters. The Hall–Kier alpha value is -3.29. The van der Waals surface area contributed by atoms with Gasteiger partial charge in [0.15, 0.2) is 0 Å². The first-order valence-corrected chi connectivity index (χ1v) is 8.51. The zero-order valence-corrected chi connectivity index (χ0v) is 14.8. The zero-order valence-electron chi connectivity index (χ0n) is 14.8. The minimum Gasteiger partial charge on any atom is -0.339 e. The standard InChI is InChI=1S/C19H19FN4O3/c1-13(25)23-6-8-24(9-7-23)19(27)15-10-14(11-21-12-15)18(26)22-17-4-2-16(20)3-5-17/h2-5,10-12H,6-9H2,1H3,(H,22,26). The maximum absolute atomic E-state index is 12.9. The first kappa shape index (κ1) is 18.5. The molecule has 0 saturated carbocycles. The van der Waals surface area contributed by atoms with Crippen LogP contribution in [0.4, 0.5) is 10.1 Å². The molecule has 1 aliphatic heterocycles. The van der Waals surface area contributed by atoms with Crippen molar-refractivity contribution < 1.29 is 18.8 Å². The van der Waals surface area contributed by atoms with E-state index in [1.807, 2.05) is 0 Å². The van der Waals surface area contributed by atoms with Crippen LogP contribution in [0.15, 0.2) is 42.7 Å². The van der Waals surface area contributed by atoms with Gasteiger partial charge in [-0.3, -0.25) is 19.4 Å². The molecule has 2 heterocycles. The number of benzene rings is 1. The number of nitrogens with one attached hydrogen (secondary N) is 1. The van der Waals surface area contributed by atoms with Gasteiger partial charge in [-0.15, -0.1) is 0 Å². The van der Waals surface area contributed by atoms with Crippen LogP contribution in [-0.2, 0) is 4.79 Å². The number of rotatable bonds is 3. The fraction of sp³-hybridized carbons (Fsp3) is 0.263. The summed E-state index contributed by atoms with van der Waals surface area (Å²) >= 11 is 0. The van der Waals surface area contributed by atoms with E-state index < -0.39 is 11.7 Å². The first-order valence-electron chi connectivity index (χ1n) is 8.51. The number of carbonyl (C=O) groups excluding carboxylic acids is 3. The number of nitrogens with zero attached hydrogens (tertiary/aromatic N) is 3. The van der Waals surface area contributed by atoms with Crippen molar-refractivity contribution in [3.63, 3.8) is 0 Å². The van der Waals surface area contributed by atoms with Gasteiger partial charge in [0.2, 0.25) is 5.91 Å². The molecule has 1 fully saturated rings. The van der Waals surface area contributed by atoms with Crippen LogP contribution in [0, 0.1) is 5.82 Å². The van der Waals surface area contributed by atoms with Gasteiger partial charge in [0.1, 0.15) is 5.82 Å². The highest BCUT2D eigenvalue weighted by Gasteiger charge is 2.24. The molecule has 0 radical (unpaired) electrons. The van der Waals surface area contributed by atoms with E-state index >= 15 is 0 Å². The van der Waals surface area contributed by atoms with Gasteiger partial charge < -0.3 is 15.1 Å². The number of halogens is 1. The van der Waals surface area contributed by atoms with Crippen molar-refractivity contribution in [2.24, 2.45) is 0 Å². The van der Waals surface area contributed by atoms with Gasteiger partial charge in [0.05, 0.1) is 11.1 Å². The molecule has 1 saturated heterocycles. The van der Waals surface area contributed by atoms with Crippen molar-refractivity contribution in [3.05, 3.63) is 59.7 Å². The van der Waals surface area contributed by atoms with Crippen LogP contribution in [-0.4, -0.2) is 58.7 Å². The predicted octanol–water partition coefficient (Wildman–Crippen LogP) is 1.78. The summed E-state index contributed by atoms with van der Waals surface area (Å²) in [6.07, 6.45) is 2.78. The number of aromatic nitrogens is 1. The Morgan fingerprint density at radius 1 is 0.963 bits per heavy atom. The third-order valence-electron chi connectivity index (χ3n) is 4.36. The van der Waals surface area contributed by atoms with Gasteiger partial charge in [-0.05, 0) is 30.3 Å². The SMILES string of the molecule is CC(=O)N1CCN(C(=O)c2cncc(C(=O)Nc3ccc(F)cc3)c2)CC1. The van der Waals surface area contributed by atoms with E-state index in [0.717, 1.165) is 0 Å². The Bertz CT molecular complexity index is 862. The number of hydrogen-bond acceptors (Lipinski definition) is 4. The molecular formula is C19H19FN4O3. The van der Waals surface area contributed by atoms with Gasteiger partial charge in [0, 0.05) is 51.2 Å². The van der Waals surface area contributed by atoms with Crippen LogP contribution in [0.3, 0.4) is 0 Å². The van der Waals surface area contributed by atoms with Gasteiger partial charge in [-0.2, -0.15) is 0 Å². The quantitative estimate of drug-likeness (QED) is 0.893. The molecule has 0 bridgehead atoms. The van der Waals surface area contributed by atoms with Crippen molar-refractivity contribution in [2.45, 2.75) is 6.92 Å². The predicted molar refractivity (Wildman–Crippen MR) is 96.7 cm³/mol. The summed E-state index contributed by atoms with van der Waals surface area (Å²) in [6, 6.07) is 6.86. The van der Waals surface area contributed by atoms with Crippen LogP contribution >= 0.6 is 0 Å². The lowest BCUT2D eigenvalue weighted by atomic mass is 10.1. The minimum absolute atomic E-state index is 0.0109. The van der Waals surface area contributed by atoms with Gasteiger partial charge >= 0.3 is 0 Å². The van der Waals surface area contributed by atoms with E-state index in [0.29, 0.717) is 37.4 Å². The average molecular weight is 370 g/mol. The molecule has 2 aromatic rings.